The van der Waals surface area contributed by atoms with Gasteiger partial charge in [0.2, 0.25) is 17.7 Å². The minimum absolute atomic E-state index is 0.0199. The summed E-state index contributed by atoms with van der Waals surface area (Å²) in [5.41, 5.74) is 0.231. The molecule has 10 nitrogen and oxygen atoms in total. The van der Waals surface area contributed by atoms with Crippen molar-refractivity contribution in [2.75, 3.05) is 18.4 Å². The Labute approximate surface area is 216 Å². The second-order valence-electron chi connectivity index (χ2n) is 9.09. The lowest BCUT2D eigenvalue weighted by atomic mass is 10.1. The van der Waals surface area contributed by atoms with E-state index in [1.54, 1.807) is 12.1 Å². The van der Waals surface area contributed by atoms with E-state index in [-0.39, 0.29) is 23.4 Å². The van der Waals surface area contributed by atoms with Crippen molar-refractivity contribution in [2.24, 2.45) is 0 Å². The molecule has 3 amide bonds. The van der Waals surface area contributed by atoms with Gasteiger partial charge in [0.25, 0.3) is 0 Å². The number of aromatic carboxylic acids is 1. The van der Waals surface area contributed by atoms with Crippen LogP contribution in [0.2, 0.25) is 0 Å². The fourth-order valence-corrected chi connectivity index (χ4v) is 3.81. The minimum Gasteiger partial charge on any atom is -0.477 e. The zero-order valence-corrected chi connectivity index (χ0v) is 21.5. The Hall–Kier alpha value is -3.69. The molecule has 0 spiro atoms. The molecule has 2 rings (SSSR count). The van der Waals surface area contributed by atoms with Crippen molar-refractivity contribution in [3.05, 3.63) is 40.2 Å². The summed E-state index contributed by atoms with van der Waals surface area (Å²) in [7, 11) is 0. The average molecular weight is 515 g/mol. The van der Waals surface area contributed by atoms with Gasteiger partial charge in [-0.1, -0.05) is 26.2 Å². The summed E-state index contributed by atoms with van der Waals surface area (Å²) in [4.78, 5) is 61.6. The van der Waals surface area contributed by atoms with Crippen LogP contribution >= 0.6 is 0 Å². The summed E-state index contributed by atoms with van der Waals surface area (Å²) in [5, 5.41) is 17.9. The normalized spacial score (nSPS) is 10.7. The van der Waals surface area contributed by atoms with Gasteiger partial charge >= 0.3 is 5.97 Å². The second kappa shape index (κ2) is 16.1. The number of nitrogens with one attached hydrogen (secondary N) is 4. The van der Waals surface area contributed by atoms with Crippen molar-refractivity contribution in [1.82, 2.24) is 15.6 Å². The van der Waals surface area contributed by atoms with Crippen molar-refractivity contribution in [3.63, 3.8) is 0 Å². The van der Waals surface area contributed by atoms with E-state index in [0.717, 1.165) is 51.0 Å². The van der Waals surface area contributed by atoms with E-state index in [0.29, 0.717) is 55.4 Å². The SMILES string of the molecule is CCCCC(=O)NCCCCCC(=O)NCCCCCC(=O)Nc1ccc2[nH]c(C(=O)O)cc(=O)c2c1. The Morgan fingerprint density at radius 1 is 0.784 bits per heavy atom. The Morgan fingerprint density at radius 3 is 1.97 bits per heavy atom. The lowest BCUT2D eigenvalue weighted by molar-refractivity contribution is -0.122. The first-order chi connectivity index (χ1) is 17.8. The maximum atomic E-state index is 12.2. The highest BCUT2D eigenvalue weighted by atomic mass is 16.4. The monoisotopic (exact) mass is 514 g/mol. The number of anilines is 1. The van der Waals surface area contributed by atoms with E-state index in [2.05, 4.69) is 27.9 Å². The third kappa shape index (κ3) is 11.3. The van der Waals surface area contributed by atoms with Gasteiger partial charge in [0.1, 0.15) is 5.69 Å². The summed E-state index contributed by atoms with van der Waals surface area (Å²) in [6.45, 7) is 3.28. The Kier molecular flexibility index (Phi) is 12.9. The molecule has 0 aliphatic rings. The third-order valence-corrected chi connectivity index (χ3v) is 5.91. The predicted molar refractivity (Wildman–Crippen MR) is 143 cm³/mol. The van der Waals surface area contributed by atoms with Crippen LogP contribution in [0, 0.1) is 0 Å². The van der Waals surface area contributed by atoms with Gasteiger partial charge in [-0.05, 0) is 50.3 Å². The molecule has 0 fully saturated rings. The number of unbranched alkanes of at least 4 members (excludes halogenated alkanes) is 5. The molecule has 0 aliphatic carbocycles. The number of H-pyrrole nitrogens is 1. The molecule has 10 heteroatoms. The van der Waals surface area contributed by atoms with Crippen molar-refractivity contribution in [3.8, 4) is 0 Å². The Morgan fingerprint density at radius 2 is 1.38 bits per heavy atom. The highest BCUT2D eigenvalue weighted by Crippen LogP contribution is 2.16. The summed E-state index contributed by atoms with van der Waals surface area (Å²) < 4.78 is 0. The molecule has 0 saturated carbocycles. The van der Waals surface area contributed by atoms with E-state index in [4.69, 9.17) is 5.11 Å². The van der Waals surface area contributed by atoms with E-state index < -0.39 is 11.4 Å². The van der Waals surface area contributed by atoms with Gasteiger partial charge < -0.3 is 26.0 Å². The number of hydrogen-bond donors (Lipinski definition) is 5. The summed E-state index contributed by atoms with van der Waals surface area (Å²) >= 11 is 0. The molecule has 1 heterocycles. The van der Waals surface area contributed by atoms with Gasteiger partial charge in [-0.2, -0.15) is 0 Å². The number of carbonyl (C=O) groups is 4. The Bertz CT molecular complexity index is 1130. The molecule has 0 bridgehead atoms. The van der Waals surface area contributed by atoms with Crippen LogP contribution in [0.3, 0.4) is 0 Å². The number of carbonyl (C=O) groups excluding carboxylic acids is 3. The van der Waals surface area contributed by atoms with Gasteiger partial charge in [-0.15, -0.1) is 0 Å². The number of aromatic nitrogens is 1. The third-order valence-electron chi connectivity index (χ3n) is 5.91. The molecular weight excluding hydrogens is 476 g/mol. The number of amides is 3. The quantitative estimate of drug-likeness (QED) is 0.203. The summed E-state index contributed by atoms with van der Waals surface area (Å²) in [6.07, 6.45) is 8.07. The number of hydrogen-bond acceptors (Lipinski definition) is 5. The van der Waals surface area contributed by atoms with Crippen LogP contribution < -0.4 is 21.4 Å². The van der Waals surface area contributed by atoms with Gasteiger partial charge in [-0.25, -0.2) is 4.79 Å². The predicted octanol–water partition coefficient (Wildman–Crippen LogP) is 3.71. The van der Waals surface area contributed by atoms with Crippen LogP contribution in [-0.4, -0.2) is 46.9 Å². The molecule has 0 saturated heterocycles. The lowest BCUT2D eigenvalue weighted by Crippen LogP contribution is -2.25. The van der Waals surface area contributed by atoms with Gasteiger partial charge in [0.15, 0.2) is 5.43 Å². The maximum absolute atomic E-state index is 12.2. The second-order valence-corrected chi connectivity index (χ2v) is 9.09. The number of carboxylic acid groups (broad SMARTS) is 1. The number of pyridine rings is 1. The first-order valence-electron chi connectivity index (χ1n) is 13.0. The van der Waals surface area contributed by atoms with E-state index >= 15 is 0 Å². The van der Waals surface area contributed by atoms with Crippen molar-refractivity contribution >= 4 is 40.3 Å². The zero-order chi connectivity index (χ0) is 27.0. The fourth-order valence-electron chi connectivity index (χ4n) is 3.81. The standard InChI is InChI=1S/C27H38N4O6/c1-2-3-10-24(33)28-15-8-4-6-11-25(34)29-16-9-5-7-12-26(35)30-19-13-14-21-20(17-19)23(32)18-22(31-21)27(36)37/h13-14,17-18H,2-12,15-16H2,1H3,(H,28,33)(H,29,34)(H,30,35)(H,31,32)(H,36,37). The first kappa shape index (κ1) is 29.5. The van der Waals surface area contributed by atoms with Crippen LogP contribution in [0.15, 0.2) is 29.1 Å². The smallest absolute Gasteiger partial charge is 0.352 e. The number of aromatic amines is 1. The fraction of sp³-hybridized carbons (Fsp3) is 0.519. The molecule has 5 N–H and O–H groups in total. The average Bonchev–Trinajstić information content (AvgIpc) is 2.87. The van der Waals surface area contributed by atoms with Crippen LogP contribution in [0.5, 0.6) is 0 Å². The first-order valence-corrected chi connectivity index (χ1v) is 13.0. The highest BCUT2D eigenvalue weighted by molar-refractivity contribution is 5.95. The molecule has 0 radical (unpaired) electrons. The zero-order valence-electron chi connectivity index (χ0n) is 21.5. The van der Waals surface area contributed by atoms with Crippen molar-refractivity contribution in [2.45, 2.75) is 77.6 Å². The molecule has 2 aromatic rings. The van der Waals surface area contributed by atoms with Gasteiger partial charge in [-0.3, -0.25) is 19.2 Å². The molecule has 0 atom stereocenters. The van der Waals surface area contributed by atoms with Crippen LogP contribution in [0.25, 0.3) is 10.9 Å². The number of carboxylic acids is 1. The molecule has 1 aromatic carbocycles. The van der Waals surface area contributed by atoms with Crippen molar-refractivity contribution in [1.29, 1.82) is 0 Å². The largest absolute Gasteiger partial charge is 0.477 e. The van der Waals surface area contributed by atoms with Gasteiger partial charge in [0.05, 0.1) is 5.52 Å². The van der Waals surface area contributed by atoms with Crippen LogP contribution in [-0.2, 0) is 14.4 Å². The number of benzene rings is 1. The molecule has 0 unspecified atom stereocenters. The number of rotatable bonds is 17. The summed E-state index contributed by atoms with van der Waals surface area (Å²) in [5.74, 6) is -1.28. The van der Waals surface area contributed by atoms with E-state index in [9.17, 15) is 24.0 Å². The molecular formula is C27H38N4O6. The summed E-state index contributed by atoms with van der Waals surface area (Å²) in [6, 6.07) is 5.72. The molecule has 37 heavy (non-hydrogen) atoms. The number of fused-ring (bicyclic) bond motifs is 1. The topological polar surface area (TPSA) is 157 Å². The van der Waals surface area contributed by atoms with Crippen LogP contribution in [0.1, 0.15) is 88.0 Å². The Balaban J connectivity index is 1.54. The molecule has 1 aromatic heterocycles. The van der Waals surface area contributed by atoms with Crippen molar-refractivity contribution < 1.29 is 24.3 Å². The lowest BCUT2D eigenvalue weighted by Gasteiger charge is -2.08. The molecule has 202 valence electrons. The minimum atomic E-state index is -1.22. The van der Waals surface area contributed by atoms with E-state index in [1.165, 1.54) is 6.07 Å². The van der Waals surface area contributed by atoms with E-state index in [1.807, 2.05) is 0 Å². The maximum Gasteiger partial charge on any atom is 0.352 e. The molecule has 0 aliphatic heterocycles. The van der Waals surface area contributed by atoms with Crippen LogP contribution in [0.4, 0.5) is 5.69 Å². The highest BCUT2D eigenvalue weighted by Gasteiger charge is 2.10. The van der Waals surface area contributed by atoms with Gasteiger partial charge in [0, 0.05) is 49.5 Å².